The van der Waals surface area contributed by atoms with Gasteiger partial charge in [0.25, 0.3) is 0 Å². The molecule has 0 radical (unpaired) electrons. The number of hydrogen-bond donors (Lipinski definition) is 2. The van der Waals surface area contributed by atoms with Crippen LogP contribution in [0.3, 0.4) is 0 Å². The Morgan fingerprint density at radius 2 is 1.62 bits per heavy atom. The predicted molar refractivity (Wildman–Crippen MR) is 59.2 cm³/mol. The lowest BCUT2D eigenvalue weighted by Crippen LogP contribution is -2.37. The largest absolute Gasteiger partial charge is 0.369 e. The molecular weight excluding hydrogens is 200 g/mol. The monoisotopic (exact) mass is 210 g/mol. The Bertz CT molecular complexity index is 442. The van der Waals surface area contributed by atoms with Gasteiger partial charge in [0.15, 0.2) is 0 Å². The van der Waals surface area contributed by atoms with Crippen LogP contribution in [0.15, 0.2) is 47.9 Å². The van der Waals surface area contributed by atoms with E-state index in [1.165, 1.54) is 0 Å². The quantitative estimate of drug-likeness (QED) is 0.635. The predicted octanol–water partition coefficient (Wildman–Crippen LogP) is 1.06. The van der Waals surface area contributed by atoms with E-state index in [0.29, 0.717) is 5.57 Å². The van der Waals surface area contributed by atoms with Crippen LogP contribution in [0.2, 0.25) is 0 Å². The number of allylic oxidation sites excluding steroid dienone is 4. The Kier molecular flexibility index (Phi) is 2.75. The van der Waals surface area contributed by atoms with E-state index in [0.717, 1.165) is 0 Å². The highest BCUT2D eigenvalue weighted by Crippen LogP contribution is 2.19. The van der Waals surface area contributed by atoms with Gasteiger partial charge in [-0.25, -0.2) is 0 Å². The van der Waals surface area contributed by atoms with Gasteiger partial charge in [-0.05, 0) is 0 Å². The summed E-state index contributed by atoms with van der Waals surface area (Å²) >= 11 is 0. The average molecular weight is 210 g/mol. The van der Waals surface area contributed by atoms with Crippen molar-refractivity contribution in [3.8, 4) is 12.1 Å². The van der Waals surface area contributed by atoms with E-state index < -0.39 is 0 Å². The zero-order valence-corrected chi connectivity index (χ0v) is 8.51. The lowest BCUT2D eigenvalue weighted by atomic mass is 9.95. The minimum Gasteiger partial charge on any atom is -0.369 e. The Hall–Kier alpha value is -2.46. The molecule has 0 atom stereocenters. The molecular formula is C12H10N4. The number of nitrogens with zero attached hydrogens (tertiary/aromatic N) is 2. The smallest absolute Gasteiger partial charge is 0.136 e. The van der Waals surface area contributed by atoms with Crippen molar-refractivity contribution >= 4 is 0 Å². The molecule has 4 heteroatoms. The molecule has 0 amide bonds. The Morgan fingerprint density at radius 3 is 2.12 bits per heavy atom. The van der Waals surface area contributed by atoms with Gasteiger partial charge in [-0.3, -0.25) is 0 Å². The molecule has 0 unspecified atom stereocenters. The van der Waals surface area contributed by atoms with Crippen molar-refractivity contribution in [3.05, 3.63) is 47.9 Å². The molecule has 0 fully saturated rings. The topological polar surface area (TPSA) is 71.6 Å². The standard InChI is InChI=1S/C12H10N4/c13-7-11(8-14)9-1-3-10(4-2-9)12-15-5-6-16-12/h1-6,10,12,15-16H. The van der Waals surface area contributed by atoms with Crippen LogP contribution in [-0.4, -0.2) is 6.17 Å². The SMILES string of the molecule is N#CC(C#N)=C1C=CC(C2NC=CN2)C=C1. The van der Waals surface area contributed by atoms with Crippen LogP contribution in [0.5, 0.6) is 0 Å². The molecule has 0 bridgehead atoms. The number of hydrogen-bond acceptors (Lipinski definition) is 4. The highest BCUT2D eigenvalue weighted by Gasteiger charge is 2.18. The normalized spacial score (nSPS) is 22.1. The third-order valence-electron chi connectivity index (χ3n) is 2.53. The summed E-state index contributed by atoms with van der Waals surface area (Å²) in [4.78, 5) is 0. The molecule has 2 N–H and O–H groups in total. The molecule has 0 saturated carbocycles. The second kappa shape index (κ2) is 4.37. The lowest BCUT2D eigenvalue weighted by molar-refractivity contribution is 0.496. The molecule has 16 heavy (non-hydrogen) atoms. The van der Waals surface area contributed by atoms with Crippen molar-refractivity contribution in [1.82, 2.24) is 10.6 Å². The summed E-state index contributed by atoms with van der Waals surface area (Å²) in [6, 6.07) is 3.76. The Morgan fingerprint density at radius 1 is 1.06 bits per heavy atom. The first-order valence-electron chi connectivity index (χ1n) is 4.93. The van der Waals surface area contributed by atoms with Crippen molar-refractivity contribution in [1.29, 1.82) is 10.5 Å². The zero-order valence-electron chi connectivity index (χ0n) is 8.51. The first-order chi connectivity index (χ1) is 7.85. The Balaban J connectivity index is 2.13. The molecule has 1 aliphatic carbocycles. The van der Waals surface area contributed by atoms with E-state index in [1.54, 1.807) is 0 Å². The van der Waals surface area contributed by atoms with Gasteiger partial charge in [0, 0.05) is 23.9 Å². The van der Waals surface area contributed by atoms with Crippen molar-refractivity contribution in [2.45, 2.75) is 6.17 Å². The van der Waals surface area contributed by atoms with Crippen LogP contribution < -0.4 is 10.6 Å². The van der Waals surface area contributed by atoms with Crippen LogP contribution in [0, 0.1) is 28.6 Å². The van der Waals surface area contributed by atoms with E-state index in [1.807, 2.05) is 48.8 Å². The van der Waals surface area contributed by atoms with E-state index in [4.69, 9.17) is 10.5 Å². The molecule has 0 spiro atoms. The summed E-state index contributed by atoms with van der Waals surface area (Å²) in [5, 5.41) is 23.8. The maximum Gasteiger partial charge on any atom is 0.136 e. The Labute approximate surface area is 93.9 Å². The van der Waals surface area contributed by atoms with E-state index >= 15 is 0 Å². The summed E-state index contributed by atoms with van der Waals surface area (Å²) in [6.45, 7) is 0. The van der Waals surface area contributed by atoms with Crippen molar-refractivity contribution in [2.75, 3.05) is 0 Å². The molecule has 0 saturated heterocycles. The second-order valence-corrected chi connectivity index (χ2v) is 3.49. The first-order valence-corrected chi connectivity index (χ1v) is 4.93. The van der Waals surface area contributed by atoms with Crippen molar-refractivity contribution in [3.63, 3.8) is 0 Å². The summed E-state index contributed by atoms with van der Waals surface area (Å²) < 4.78 is 0. The van der Waals surface area contributed by atoms with Crippen LogP contribution in [-0.2, 0) is 0 Å². The molecule has 1 aliphatic heterocycles. The van der Waals surface area contributed by atoms with Gasteiger partial charge in [-0.15, -0.1) is 0 Å². The van der Waals surface area contributed by atoms with Crippen LogP contribution in [0.25, 0.3) is 0 Å². The van der Waals surface area contributed by atoms with Crippen molar-refractivity contribution < 1.29 is 0 Å². The molecule has 0 aromatic rings. The summed E-state index contributed by atoms with van der Waals surface area (Å²) in [5.74, 6) is 0.220. The average Bonchev–Trinajstić information content (AvgIpc) is 2.85. The fourth-order valence-electron chi connectivity index (χ4n) is 1.67. The van der Waals surface area contributed by atoms with Crippen LogP contribution in [0.1, 0.15) is 0 Å². The fraction of sp³-hybridized carbons (Fsp3) is 0.167. The third-order valence-corrected chi connectivity index (χ3v) is 2.53. The summed E-state index contributed by atoms with van der Waals surface area (Å²) in [5.41, 5.74) is 0.823. The van der Waals surface area contributed by atoms with Gasteiger partial charge in [-0.1, -0.05) is 24.3 Å². The lowest BCUT2D eigenvalue weighted by Gasteiger charge is -2.20. The molecule has 0 aromatic heterocycles. The second-order valence-electron chi connectivity index (χ2n) is 3.49. The van der Waals surface area contributed by atoms with Gasteiger partial charge in [-0.2, -0.15) is 10.5 Å². The van der Waals surface area contributed by atoms with Crippen LogP contribution in [0.4, 0.5) is 0 Å². The third kappa shape index (κ3) is 1.82. The van der Waals surface area contributed by atoms with Gasteiger partial charge < -0.3 is 10.6 Å². The summed E-state index contributed by atoms with van der Waals surface area (Å²) in [6.07, 6.45) is 11.4. The van der Waals surface area contributed by atoms with Gasteiger partial charge >= 0.3 is 0 Å². The van der Waals surface area contributed by atoms with Crippen LogP contribution >= 0.6 is 0 Å². The van der Waals surface area contributed by atoms with E-state index in [9.17, 15) is 0 Å². The molecule has 78 valence electrons. The first kappa shape index (κ1) is 10.1. The molecule has 2 aliphatic rings. The number of rotatable bonds is 1. The highest BCUT2D eigenvalue weighted by molar-refractivity contribution is 5.51. The molecule has 0 aromatic carbocycles. The number of nitrogens with one attached hydrogen (secondary N) is 2. The minimum atomic E-state index is 0.149. The minimum absolute atomic E-state index is 0.149. The molecule has 1 heterocycles. The maximum atomic E-state index is 8.72. The van der Waals surface area contributed by atoms with Gasteiger partial charge in [0.2, 0.25) is 0 Å². The molecule has 2 rings (SSSR count). The summed E-state index contributed by atoms with van der Waals surface area (Å²) in [7, 11) is 0. The zero-order chi connectivity index (χ0) is 11.4. The van der Waals surface area contributed by atoms with Crippen molar-refractivity contribution in [2.24, 2.45) is 5.92 Å². The van der Waals surface area contributed by atoms with E-state index in [2.05, 4.69) is 10.6 Å². The van der Waals surface area contributed by atoms with Gasteiger partial charge in [0.1, 0.15) is 23.9 Å². The van der Waals surface area contributed by atoms with Gasteiger partial charge in [0.05, 0.1) is 0 Å². The highest BCUT2D eigenvalue weighted by atomic mass is 15.2. The van der Waals surface area contributed by atoms with E-state index in [-0.39, 0.29) is 17.7 Å². The maximum absolute atomic E-state index is 8.72. The molecule has 4 nitrogen and oxygen atoms in total. The fourth-order valence-corrected chi connectivity index (χ4v) is 1.67. The number of nitriles is 2.